The third kappa shape index (κ3) is 3.20. The molecule has 0 aromatic carbocycles. The second kappa shape index (κ2) is 5.88. The van der Waals surface area contributed by atoms with E-state index in [0.717, 1.165) is 6.92 Å². The molecule has 0 saturated heterocycles. The molecule has 0 aliphatic carbocycles. The van der Waals surface area contributed by atoms with Crippen LogP contribution in [0.2, 0.25) is 0 Å². The summed E-state index contributed by atoms with van der Waals surface area (Å²) in [4.78, 5) is 0. The van der Waals surface area contributed by atoms with Crippen LogP contribution in [0.3, 0.4) is 0 Å². The molecule has 0 amide bonds. The molecule has 0 atom stereocenters. The summed E-state index contributed by atoms with van der Waals surface area (Å²) in [6.07, 6.45) is -6.76. The predicted octanol–water partition coefficient (Wildman–Crippen LogP) is 5.20. The SMILES string of the molecule is CCCOC(F)(F)C(F)(F)C(F)(F)C(F)(F)C(F)(F)C(C)(F)F. The summed E-state index contributed by atoms with van der Waals surface area (Å²) in [5, 5.41) is 0. The quantitative estimate of drug-likeness (QED) is 0.531. The van der Waals surface area contributed by atoms with Gasteiger partial charge in [-0.1, -0.05) is 6.92 Å². The highest BCUT2D eigenvalue weighted by atomic mass is 19.4. The Morgan fingerprint density at radius 2 is 0.957 bits per heavy atom. The van der Waals surface area contributed by atoms with E-state index in [2.05, 4.69) is 4.74 Å². The summed E-state index contributed by atoms with van der Waals surface area (Å²) in [5.41, 5.74) is 0. The first-order valence-corrected chi connectivity index (χ1v) is 5.72. The van der Waals surface area contributed by atoms with E-state index >= 15 is 0 Å². The van der Waals surface area contributed by atoms with Gasteiger partial charge in [0, 0.05) is 6.92 Å². The van der Waals surface area contributed by atoms with Gasteiger partial charge < -0.3 is 4.74 Å². The standard InChI is InChI=1S/C10H10F12O/c1-3-4-23-10(21,22)9(19,20)8(17,18)7(15,16)6(13,14)5(2,11)12/h3-4H2,1-2H3. The Kier molecular flexibility index (Phi) is 5.66. The highest BCUT2D eigenvalue weighted by Crippen LogP contribution is 2.59. The lowest BCUT2D eigenvalue weighted by Crippen LogP contribution is -2.70. The molecule has 0 rings (SSSR count). The summed E-state index contributed by atoms with van der Waals surface area (Å²) >= 11 is 0. The number of rotatable bonds is 8. The average Bonchev–Trinajstić information content (AvgIpc) is 2.34. The Balaban J connectivity index is 6.03. The topological polar surface area (TPSA) is 9.23 Å². The van der Waals surface area contributed by atoms with Crippen molar-refractivity contribution in [1.29, 1.82) is 0 Å². The van der Waals surface area contributed by atoms with Crippen molar-refractivity contribution in [2.45, 2.75) is 56.0 Å². The number of ether oxygens (including phenoxy) is 1. The van der Waals surface area contributed by atoms with Crippen molar-refractivity contribution in [2.75, 3.05) is 6.61 Å². The van der Waals surface area contributed by atoms with Gasteiger partial charge in [-0.05, 0) is 6.42 Å². The number of hydrogen-bond acceptors (Lipinski definition) is 1. The van der Waals surface area contributed by atoms with Crippen molar-refractivity contribution in [3.8, 4) is 0 Å². The second-order valence-corrected chi connectivity index (χ2v) is 4.55. The summed E-state index contributed by atoms with van der Waals surface area (Å²) in [6.45, 7) is -1.22. The van der Waals surface area contributed by atoms with Gasteiger partial charge in [0.15, 0.2) is 0 Å². The fraction of sp³-hybridized carbons (Fsp3) is 1.00. The smallest absolute Gasteiger partial charge is 0.316 e. The first-order chi connectivity index (χ1) is 9.81. The van der Waals surface area contributed by atoms with Crippen LogP contribution in [0.1, 0.15) is 20.3 Å². The van der Waals surface area contributed by atoms with Crippen molar-refractivity contribution in [1.82, 2.24) is 0 Å². The van der Waals surface area contributed by atoms with Crippen LogP contribution in [-0.4, -0.2) is 42.3 Å². The molecular weight excluding hydrogens is 364 g/mol. The maximum atomic E-state index is 13.1. The van der Waals surface area contributed by atoms with Gasteiger partial charge in [0.2, 0.25) is 0 Å². The molecule has 0 N–H and O–H groups in total. The minimum atomic E-state index is -7.56. The summed E-state index contributed by atoms with van der Waals surface area (Å²) < 4.78 is 157. The molecule has 23 heavy (non-hydrogen) atoms. The lowest BCUT2D eigenvalue weighted by Gasteiger charge is -2.40. The van der Waals surface area contributed by atoms with Gasteiger partial charge in [-0.25, -0.2) is 0 Å². The van der Waals surface area contributed by atoms with Gasteiger partial charge in [0.1, 0.15) is 0 Å². The Labute approximate surface area is 121 Å². The molecule has 0 aliphatic rings. The van der Waals surface area contributed by atoms with Gasteiger partial charge in [-0.2, -0.15) is 52.7 Å². The van der Waals surface area contributed by atoms with Gasteiger partial charge in [-0.15, -0.1) is 0 Å². The second-order valence-electron chi connectivity index (χ2n) is 4.55. The molecule has 140 valence electrons. The van der Waals surface area contributed by atoms with E-state index < -0.39 is 55.7 Å². The van der Waals surface area contributed by atoms with Gasteiger partial charge >= 0.3 is 35.7 Å². The summed E-state index contributed by atoms with van der Waals surface area (Å²) in [5.74, 6) is -35.2. The summed E-state index contributed by atoms with van der Waals surface area (Å²) in [7, 11) is 0. The van der Waals surface area contributed by atoms with Crippen LogP contribution >= 0.6 is 0 Å². The molecule has 0 spiro atoms. The maximum Gasteiger partial charge on any atom is 0.426 e. The fourth-order valence-electron chi connectivity index (χ4n) is 1.17. The Hall–Kier alpha value is -0.880. The largest absolute Gasteiger partial charge is 0.426 e. The van der Waals surface area contributed by atoms with Crippen LogP contribution < -0.4 is 0 Å². The van der Waals surface area contributed by atoms with E-state index in [-0.39, 0.29) is 0 Å². The average molecular weight is 374 g/mol. The fourth-order valence-corrected chi connectivity index (χ4v) is 1.17. The lowest BCUT2D eigenvalue weighted by molar-refractivity contribution is -0.456. The Morgan fingerprint density at radius 1 is 0.609 bits per heavy atom. The van der Waals surface area contributed by atoms with Crippen LogP contribution in [-0.2, 0) is 4.74 Å². The number of hydrogen-bond donors (Lipinski definition) is 0. The van der Waals surface area contributed by atoms with E-state index in [1.807, 2.05) is 0 Å². The maximum absolute atomic E-state index is 13.1. The lowest BCUT2D eigenvalue weighted by atomic mass is 9.94. The zero-order valence-corrected chi connectivity index (χ0v) is 11.4. The van der Waals surface area contributed by atoms with Crippen LogP contribution in [0, 0.1) is 0 Å². The van der Waals surface area contributed by atoms with Crippen molar-refractivity contribution < 1.29 is 57.4 Å². The molecule has 0 bridgehead atoms. The van der Waals surface area contributed by atoms with Crippen LogP contribution in [0.15, 0.2) is 0 Å². The molecule has 0 unspecified atom stereocenters. The van der Waals surface area contributed by atoms with E-state index in [0.29, 0.717) is 0 Å². The zero-order chi connectivity index (χ0) is 19.1. The normalized spacial score (nSPS) is 15.9. The highest BCUT2D eigenvalue weighted by molar-refractivity contribution is 5.09. The molecular formula is C10H10F12O. The molecule has 13 heteroatoms. The molecule has 0 aliphatic heterocycles. The van der Waals surface area contributed by atoms with Crippen LogP contribution in [0.25, 0.3) is 0 Å². The number of alkyl halides is 12. The zero-order valence-electron chi connectivity index (χ0n) is 11.4. The predicted molar refractivity (Wildman–Crippen MR) is 51.6 cm³/mol. The van der Waals surface area contributed by atoms with Crippen molar-refractivity contribution in [2.24, 2.45) is 0 Å². The van der Waals surface area contributed by atoms with Crippen molar-refractivity contribution in [3.63, 3.8) is 0 Å². The minimum Gasteiger partial charge on any atom is -0.316 e. The number of halogens is 12. The van der Waals surface area contributed by atoms with E-state index in [1.165, 1.54) is 0 Å². The Morgan fingerprint density at radius 3 is 1.26 bits per heavy atom. The molecule has 0 aromatic rings. The molecule has 0 radical (unpaired) electrons. The first kappa shape index (κ1) is 22.1. The molecule has 0 saturated carbocycles. The third-order valence-electron chi connectivity index (χ3n) is 2.59. The molecule has 0 fully saturated rings. The van der Waals surface area contributed by atoms with Gasteiger partial charge in [-0.3, -0.25) is 0 Å². The minimum absolute atomic E-state index is 0.448. The third-order valence-corrected chi connectivity index (χ3v) is 2.59. The van der Waals surface area contributed by atoms with Crippen molar-refractivity contribution >= 4 is 0 Å². The van der Waals surface area contributed by atoms with Gasteiger partial charge in [0.05, 0.1) is 6.61 Å². The first-order valence-electron chi connectivity index (χ1n) is 5.72. The molecule has 0 heterocycles. The van der Waals surface area contributed by atoms with Crippen LogP contribution in [0.5, 0.6) is 0 Å². The highest BCUT2D eigenvalue weighted by Gasteiger charge is 2.90. The van der Waals surface area contributed by atoms with E-state index in [9.17, 15) is 52.7 Å². The molecule has 1 nitrogen and oxygen atoms in total. The van der Waals surface area contributed by atoms with Crippen molar-refractivity contribution in [3.05, 3.63) is 0 Å². The van der Waals surface area contributed by atoms with E-state index in [4.69, 9.17) is 0 Å². The molecule has 0 aromatic heterocycles. The summed E-state index contributed by atoms with van der Waals surface area (Å²) in [6, 6.07) is 0. The monoisotopic (exact) mass is 374 g/mol. The Bertz CT molecular complexity index is 411. The van der Waals surface area contributed by atoms with E-state index in [1.54, 1.807) is 0 Å². The van der Waals surface area contributed by atoms with Gasteiger partial charge in [0.25, 0.3) is 0 Å². The van der Waals surface area contributed by atoms with Crippen LogP contribution in [0.4, 0.5) is 52.7 Å².